The number of rotatable bonds is 3. The zero-order chi connectivity index (χ0) is 26.6. The van der Waals surface area contributed by atoms with Crippen LogP contribution < -0.4 is 4.57 Å². The maximum Gasteiger partial charge on any atom is 0.216 e. The number of fused-ring (bicyclic) bond motifs is 3. The van der Waals surface area contributed by atoms with Crippen molar-refractivity contribution in [2.24, 2.45) is 7.05 Å². The highest BCUT2D eigenvalue weighted by atomic mass is 19.1. The normalized spacial score (nSPS) is 13.1. The highest BCUT2D eigenvalue weighted by molar-refractivity contribution is 6.13. The van der Waals surface area contributed by atoms with Gasteiger partial charge in [-0.25, -0.2) is 8.96 Å². The highest BCUT2D eigenvalue weighted by Crippen LogP contribution is 2.42. The molecule has 0 saturated heterocycles. The number of aryl methyl sites for hydroxylation is 3. The predicted molar refractivity (Wildman–Crippen MR) is 141 cm³/mol. The summed E-state index contributed by atoms with van der Waals surface area (Å²) in [5.41, 5.74) is 6.30. The fourth-order valence-corrected chi connectivity index (χ4v) is 4.92. The number of hydrogen-bond donors (Lipinski definition) is 0. The van der Waals surface area contributed by atoms with Gasteiger partial charge in [-0.15, -0.1) is 0 Å². The van der Waals surface area contributed by atoms with Crippen LogP contribution in [0.5, 0.6) is 0 Å². The third-order valence-corrected chi connectivity index (χ3v) is 6.67. The average molecular weight is 462 g/mol. The summed E-state index contributed by atoms with van der Waals surface area (Å²) < 4.78 is 48.7. The minimum Gasteiger partial charge on any atom is -0.454 e. The number of benzene rings is 4. The van der Waals surface area contributed by atoms with E-state index in [-0.39, 0.29) is 11.1 Å². The monoisotopic (exact) mass is 461 g/mol. The first kappa shape index (κ1) is 18.1. The van der Waals surface area contributed by atoms with Crippen LogP contribution in [-0.2, 0) is 7.05 Å². The molecule has 3 heteroatoms. The quantitative estimate of drug-likeness (QED) is 0.243. The number of pyridine rings is 1. The minimum absolute atomic E-state index is 0.168. The molecule has 4 aromatic carbocycles. The van der Waals surface area contributed by atoms with Crippen molar-refractivity contribution in [1.82, 2.24) is 0 Å². The molecule has 2 nitrogen and oxygen atoms in total. The molecule has 0 spiro atoms. The number of hydrogen-bond acceptors (Lipinski definition) is 1. The summed E-state index contributed by atoms with van der Waals surface area (Å²) in [5.74, 6) is -0.468. The first-order valence-electron chi connectivity index (χ1n) is 13.0. The highest BCUT2D eigenvalue weighted by Gasteiger charge is 2.23. The Balaban J connectivity index is 1.64. The third-order valence-electron chi connectivity index (χ3n) is 6.67. The van der Waals surface area contributed by atoms with Gasteiger partial charge >= 0.3 is 0 Å². The van der Waals surface area contributed by atoms with Gasteiger partial charge < -0.3 is 4.42 Å². The molecule has 0 aliphatic heterocycles. The molecule has 0 N–H and O–H groups in total. The lowest BCUT2D eigenvalue weighted by atomic mass is 9.94. The largest absolute Gasteiger partial charge is 0.454 e. The molecule has 35 heavy (non-hydrogen) atoms. The molecular formula is C32H25FNO+. The lowest BCUT2D eigenvalue weighted by molar-refractivity contribution is -0.660. The first-order chi connectivity index (χ1) is 18.2. The van der Waals surface area contributed by atoms with Crippen LogP contribution in [0.15, 0.2) is 102 Å². The standard InChI is InChI=1S/C32H25FNO/c1-20-12-14-25-26-16-17-27(33)30(23-13-15-24(21(2)19-23)22-9-5-4-6-10-22)32(26)35-31(25)29(20)28-11-7-8-18-34(28)3/h4-19H,1-3H3/q+1/i2D3. The number of halogens is 1. The van der Waals surface area contributed by atoms with Crippen LogP contribution in [0.25, 0.3) is 55.4 Å². The summed E-state index contributed by atoms with van der Waals surface area (Å²) in [4.78, 5) is 0. The van der Waals surface area contributed by atoms with Gasteiger partial charge in [-0.2, -0.15) is 0 Å². The Morgan fingerprint density at radius 1 is 0.743 bits per heavy atom. The second-order valence-electron chi connectivity index (χ2n) is 8.86. The van der Waals surface area contributed by atoms with E-state index in [9.17, 15) is 0 Å². The van der Waals surface area contributed by atoms with Crippen LogP contribution in [0.3, 0.4) is 0 Å². The second kappa shape index (κ2) is 8.21. The van der Waals surface area contributed by atoms with Crippen LogP contribution in [-0.4, -0.2) is 0 Å². The smallest absolute Gasteiger partial charge is 0.216 e. The van der Waals surface area contributed by atoms with Gasteiger partial charge in [0, 0.05) is 27.0 Å². The van der Waals surface area contributed by atoms with Crippen LogP contribution in [0.2, 0.25) is 0 Å². The van der Waals surface area contributed by atoms with E-state index in [0.29, 0.717) is 22.3 Å². The summed E-state index contributed by atoms with van der Waals surface area (Å²) in [6.07, 6.45) is 1.98. The summed E-state index contributed by atoms with van der Waals surface area (Å²) in [6.45, 7) is -0.354. The molecule has 0 saturated carbocycles. The number of furan rings is 1. The average Bonchev–Trinajstić information content (AvgIpc) is 3.27. The molecule has 0 unspecified atom stereocenters. The van der Waals surface area contributed by atoms with Crippen molar-refractivity contribution in [3.05, 3.63) is 114 Å². The zero-order valence-corrected chi connectivity index (χ0v) is 19.5. The van der Waals surface area contributed by atoms with Crippen molar-refractivity contribution >= 4 is 21.9 Å². The van der Waals surface area contributed by atoms with Crippen molar-refractivity contribution < 1.29 is 17.5 Å². The predicted octanol–water partition coefficient (Wildman–Crippen LogP) is 8.17. The molecule has 0 atom stereocenters. The van der Waals surface area contributed by atoms with E-state index in [2.05, 4.69) is 0 Å². The van der Waals surface area contributed by atoms with E-state index in [1.807, 2.05) is 85.4 Å². The topological polar surface area (TPSA) is 17.0 Å². The molecule has 6 rings (SSSR count). The van der Waals surface area contributed by atoms with Gasteiger partial charge in [0.2, 0.25) is 5.69 Å². The summed E-state index contributed by atoms with van der Waals surface area (Å²) in [6, 6.07) is 27.6. The Kier molecular flexibility index (Phi) is 4.25. The van der Waals surface area contributed by atoms with E-state index < -0.39 is 12.7 Å². The van der Waals surface area contributed by atoms with E-state index in [1.165, 1.54) is 6.07 Å². The Morgan fingerprint density at radius 3 is 2.26 bits per heavy atom. The van der Waals surface area contributed by atoms with E-state index >= 15 is 4.39 Å². The Hall–Kier alpha value is -4.24. The molecule has 0 radical (unpaired) electrons. The molecule has 0 bridgehead atoms. The fraction of sp³-hybridized carbons (Fsp3) is 0.0938. The van der Waals surface area contributed by atoms with Gasteiger partial charge in [0.15, 0.2) is 6.20 Å². The zero-order valence-electron chi connectivity index (χ0n) is 22.5. The van der Waals surface area contributed by atoms with Gasteiger partial charge in [0.25, 0.3) is 0 Å². The molecule has 2 heterocycles. The van der Waals surface area contributed by atoms with Crippen molar-refractivity contribution in [1.29, 1.82) is 0 Å². The minimum atomic E-state index is -2.38. The molecule has 0 aliphatic rings. The Labute approximate surface area is 208 Å². The molecule has 170 valence electrons. The number of nitrogens with zero attached hydrogens (tertiary/aromatic N) is 1. The molecule has 0 aliphatic carbocycles. The molecule has 6 aromatic rings. The van der Waals surface area contributed by atoms with Gasteiger partial charge in [-0.3, -0.25) is 0 Å². The number of aromatic nitrogens is 1. The lowest BCUT2D eigenvalue weighted by Crippen LogP contribution is -2.30. The molecular weight excluding hydrogens is 433 g/mol. The fourth-order valence-electron chi connectivity index (χ4n) is 4.92. The van der Waals surface area contributed by atoms with Crippen LogP contribution in [0, 0.1) is 19.6 Å². The van der Waals surface area contributed by atoms with E-state index in [4.69, 9.17) is 8.53 Å². The van der Waals surface area contributed by atoms with Gasteiger partial charge in [0.05, 0.1) is 11.1 Å². The summed E-state index contributed by atoms with van der Waals surface area (Å²) in [5, 5.41) is 1.65. The SMILES string of the molecule is [2H]C([2H])([2H])c1cc(-c2c(F)ccc3c2oc2c(-c4cccc[n+]4C)c(C)ccc23)ccc1-c1ccccc1. The Morgan fingerprint density at radius 2 is 1.49 bits per heavy atom. The Bertz CT molecular complexity index is 1840. The second-order valence-corrected chi connectivity index (χ2v) is 8.86. The van der Waals surface area contributed by atoms with E-state index in [0.717, 1.165) is 33.2 Å². The van der Waals surface area contributed by atoms with Gasteiger partial charge in [-0.05, 0) is 59.8 Å². The maximum absolute atomic E-state index is 15.5. The first-order valence-corrected chi connectivity index (χ1v) is 11.5. The van der Waals surface area contributed by atoms with Crippen molar-refractivity contribution in [3.63, 3.8) is 0 Å². The van der Waals surface area contributed by atoms with Crippen LogP contribution >= 0.6 is 0 Å². The molecule has 0 fully saturated rings. The van der Waals surface area contributed by atoms with Crippen molar-refractivity contribution in [3.8, 4) is 33.5 Å². The summed E-state index contributed by atoms with van der Waals surface area (Å²) >= 11 is 0. The van der Waals surface area contributed by atoms with Gasteiger partial charge in [-0.1, -0.05) is 60.7 Å². The molecule has 2 aromatic heterocycles. The summed E-state index contributed by atoms with van der Waals surface area (Å²) in [7, 11) is 1.98. The molecule has 0 amide bonds. The van der Waals surface area contributed by atoms with Crippen LogP contribution in [0.1, 0.15) is 15.2 Å². The van der Waals surface area contributed by atoms with Crippen molar-refractivity contribution in [2.75, 3.05) is 0 Å². The van der Waals surface area contributed by atoms with Crippen LogP contribution in [0.4, 0.5) is 4.39 Å². The lowest BCUT2D eigenvalue weighted by Gasteiger charge is -2.10. The van der Waals surface area contributed by atoms with E-state index in [1.54, 1.807) is 24.3 Å². The van der Waals surface area contributed by atoms with Crippen molar-refractivity contribution in [2.45, 2.75) is 13.8 Å². The van der Waals surface area contributed by atoms with Gasteiger partial charge in [0.1, 0.15) is 24.0 Å². The maximum atomic E-state index is 15.5. The third kappa shape index (κ3) is 3.43.